The molecule has 0 aliphatic heterocycles. The lowest BCUT2D eigenvalue weighted by Crippen LogP contribution is -2.31. The minimum Gasteiger partial charge on any atom is -0.414 e. The summed E-state index contributed by atoms with van der Waals surface area (Å²) in [6.07, 6.45) is 9.23. The highest BCUT2D eigenvalue weighted by Crippen LogP contribution is 2.16. The summed E-state index contributed by atoms with van der Waals surface area (Å²) in [5.41, 5.74) is 0. The summed E-state index contributed by atoms with van der Waals surface area (Å²) in [7, 11) is -1.40. The van der Waals surface area contributed by atoms with Crippen LogP contribution in [0.4, 0.5) is 0 Å². The Balaban J connectivity index is 4.00. The van der Waals surface area contributed by atoms with Crippen LogP contribution in [0.3, 0.4) is 0 Å². The highest BCUT2D eigenvalue weighted by atomic mass is 35.5. The van der Waals surface area contributed by atoms with Crippen LogP contribution in [-0.2, 0) is 4.43 Å². The van der Waals surface area contributed by atoms with Gasteiger partial charge in [0.05, 0.1) is 0 Å². The van der Waals surface area contributed by atoms with Crippen molar-refractivity contribution in [3.05, 3.63) is 12.2 Å². The van der Waals surface area contributed by atoms with Gasteiger partial charge in [0.25, 0.3) is 0 Å². The molecule has 0 aliphatic rings. The largest absolute Gasteiger partial charge is 0.414 e. The van der Waals surface area contributed by atoms with Gasteiger partial charge in [-0.15, -0.1) is 11.6 Å². The molecule has 90 valence electrons. The van der Waals surface area contributed by atoms with Gasteiger partial charge in [-0.2, -0.15) is 0 Å². The normalized spacial score (nSPS) is 14.7. The summed E-state index contributed by atoms with van der Waals surface area (Å²) in [5, 5.41) is 0. The summed E-state index contributed by atoms with van der Waals surface area (Å²) in [4.78, 5) is 0. The van der Waals surface area contributed by atoms with Gasteiger partial charge in [-0.3, -0.25) is 0 Å². The second-order valence-corrected chi connectivity index (χ2v) is 9.62. The molecule has 0 spiro atoms. The third-order valence-electron chi connectivity index (χ3n) is 2.05. The van der Waals surface area contributed by atoms with Crippen molar-refractivity contribution in [3.8, 4) is 0 Å². The van der Waals surface area contributed by atoms with E-state index in [4.69, 9.17) is 16.0 Å². The Kier molecular flexibility index (Phi) is 8.48. The van der Waals surface area contributed by atoms with Crippen molar-refractivity contribution in [1.82, 2.24) is 0 Å². The van der Waals surface area contributed by atoms with E-state index in [9.17, 15) is 0 Å². The Morgan fingerprint density at radius 1 is 1.27 bits per heavy atom. The van der Waals surface area contributed by atoms with Gasteiger partial charge in [-0.05, 0) is 32.5 Å². The Bertz CT molecular complexity index is 175. The van der Waals surface area contributed by atoms with Crippen molar-refractivity contribution in [2.75, 3.05) is 5.88 Å². The number of unbranched alkanes of at least 4 members (excludes halogenated alkanes) is 1. The molecule has 0 aromatic carbocycles. The van der Waals surface area contributed by atoms with Crippen LogP contribution in [0, 0.1) is 0 Å². The average molecular weight is 249 g/mol. The van der Waals surface area contributed by atoms with E-state index >= 15 is 0 Å². The molecule has 1 nitrogen and oxygen atoms in total. The molecular formula is C12H25ClOSi. The maximum absolute atomic E-state index is 6.13. The monoisotopic (exact) mass is 248 g/mol. The lowest BCUT2D eigenvalue weighted by Gasteiger charge is -2.25. The molecule has 0 heterocycles. The Morgan fingerprint density at radius 3 is 2.40 bits per heavy atom. The molecule has 15 heavy (non-hydrogen) atoms. The Morgan fingerprint density at radius 2 is 1.93 bits per heavy atom. The summed E-state index contributed by atoms with van der Waals surface area (Å²) in [6.45, 7) is 8.96. The molecule has 0 rings (SSSR count). The second-order valence-electron chi connectivity index (χ2n) is 4.86. The van der Waals surface area contributed by atoms with Gasteiger partial charge < -0.3 is 4.43 Å². The molecule has 0 aromatic heterocycles. The van der Waals surface area contributed by atoms with Gasteiger partial charge >= 0.3 is 0 Å². The van der Waals surface area contributed by atoms with E-state index in [-0.39, 0.29) is 0 Å². The highest BCUT2D eigenvalue weighted by Gasteiger charge is 2.19. The third kappa shape index (κ3) is 10.5. The summed E-state index contributed by atoms with van der Waals surface area (Å²) in [5.74, 6) is 0.605. The predicted molar refractivity (Wildman–Crippen MR) is 72.2 cm³/mol. The first-order chi connectivity index (χ1) is 6.99. The molecule has 0 saturated heterocycles. The first-order valence-electron chi connectivity index (χ1n) is 5.88. The van der Waals surface area contributed by atoms with Gasteiger partial charge in [0.2, 0.25) is 0 Å². The second kappa shape index (κ2) is 8.37. The molecule has 0 radical (unpaired) electrons. The zero-order valence-electron chi connectivity index (χ0n) is 10.6. The minimum absolute atomic E-state index is 0.399. The number of hydrogen-bond donors (Lipinski definition) is 0. The number of rotatable bonds is 8. The quantitative estimate of drug-likeness (QED) is 0.347. The minimum atomic E-state index is -1.40. The van der Waals surface area contributed by atoms with Crippen LogP contribution < -0.4 is 0 Å². The predicted octanol–water partition coefficient (Wildman–Crippen LogP) is 4.58. The van der Waals surface area contributed by atoms with Crippen LogP contribution in [0.15, 0.2) is 12.2 Å². The number of halogens is 1. The molecule has 0 fully saturated rings. The fourth-order valence-electron chi connectivity index (χ4n) is 1.47. The molecule has 0 N–H and O–H groups in total. The van der Waals surface area contributed by atoms with E-state index in [0.29, 0.717) is 12.0 Å². The zero-order chi connectivity index (χ0) is 11.7. The van der Waals surface area contributed by atoms with Crippen LogP contribution in [-0.4, -0.2) is 20.3 Å². The number of alkyl halides is 1. The third-order valence-corrected chi connectivity index (χ3v) is 3.27. The van der Waals surface area contributed by atoms with E-state index < -0.39 is 8.32 Å². The lowest BCUT2D eigenvalue weighted by molar-refractivity contribution is 0.183. The number of allylic oxidation sites excluding steroid dienone is 1. The maximum Gasteiger partial charge on any atom is 0.184 e. The van der Waals surface area contributed by atoms with Gasteiger partial charge in [0.1, 0.15) is 0 Å². The Labute approximate surface area is 101 Å². The van der Waals surface area contributed by atoms with Crippen LogP contribution in [0.25, 0.3) is 0 Å². The standard InChI is InChI=1S/C12H25ClOSi/c1-5-6-9-12(10-7-8-11-13)14-15(2,3)4/h7-8,12H,5-6,9-11H2,1-4H3. The van der Waals surface area contributed by atoms with Crippen molar-refractivity contribution >= 4 is 19.9 Å². The van der Waals surface area contributed by atoms with Crippen LogP contribution in [0.1, 0.15) is 32.6 Å². The molecule has 1 unspecified atom stereocenters. The average Bonchev–Trinajstić information content (AvgIpc) is 2.12. The van der Waals surface area contributed by atoms with E-state index in [0.717, 1.165) is 6.42 Å². The van der Waals surface area contributed by atoms with Gasteiger partial charge in [-0.25, -0.2) is 0 Å². The van der Waals surface area contributed by atoms with Crippen molar-refractivity contribution < 1.29 is 4.43 Å². The fraction of sp³-hybridized carbons (Fsp3) is 0.833. The summed E-state index contributed by atoms with van der Waals surface area (Å²) < 4.78 is 6.13. The SMILES string of the molecule is CCCCC(CC=CCCl)O[Si](C)(C)C. The molecule has 3 heteroatoms. The van der Waals surface area contributed by atoms with Crippen molar-refractivity contribution in [3.63, 3.8) is 0 Å². The molecule has 0 aromatic rings. The van der Waals surface area contributed by atoms with Gasteiger partial charge in [0, 0.05) is 12.0 Å². The van der Waals surface area contributed by atoms with E-state index in [1.807, 2.05) is 6.08 Å². The zero-order valence-corrected chi connectivity index (χ0v) is 12.3. The molecule has 0 saturated carbocycles. The first-order valence-corrected chi connectivity index (χ1v) is 9.82. The summed E-state index contributed by atoms with van der Waals surface area (Å²) in [6, 6.07) is 0. The van der Waals surface area contributed by atoms with Crippen molar-refractivity contribution in [2.45, 2.75) is 58.4 Å². The lowest BCUT2D eigenvalue weighted by atomic mass is 10.1. The smallest absolute Gasteiger partial charge is 0.184 e. The summed E-state index contributed by atoms with van der Waals surface area (Å²) >= 11 is 5.60. The molecule has 0 aliphatic carbocycles. The van der Waals surface area contributed by atoms with Gasteiger partial charge in [-0.1, -0.05) is 31.9 Å². The van der Waals surface area contributed by atoms with E-state index in [1.54, 1.807) is 0 Å². The van der Waals surface area contributed by atoms with Crippen LogP contribution >= 0.6 is 11.6 Å². The molecule has 0 amide bonds. The maximum atomic E-state index is 6.13. The molecule has 0 bridgehead atoms. The molecule has 1 atom stereocenters. The van der Waals surface area contributed by atoms with Crippen LogP contribution in [0.2, 0.25) is 19.6 Å². The van der Waals surface area contributed by atoms with Gasteiger partial charge in [0.15, 0.2) is 8.32 Å². The topological polar surface area (TPSA) is 9.23 Å². The molecular weight excluding hydrogens is 224 g/mol. The Hall–Kier alpha value is 0.207. The van der Waals surface area contributed by atoms with E-state index in [2.05, 4.69) is 32.6 Å². The van der Waals surface area contributed by atoms with Crippen molar-refractivity contribution in [2.24, 2.45) is 0 Å². The van der Waals surface area contributed by atoms with E-state index in [1.165, 1.54) is 19.3 Å². The highest BCUT2D eigenvalue weighted by molar-refractivity contribution is 6.69. The van der Waals surface area contributed by atoms with Crippen LogP contribution in [0.5, 0.6) is 0 Å². The fourth-order valence-corrected chi connectivity index (χ4v) is 2.81. The number of hydrogen-bond acceptors (Lipinski definition) is 1. The first kappa shape index (κ1) is 15.2. The van der Waals surface area contributed by atoms with Crippen molar-refractivity contribution in [1.29, 1.82) is 0 Å².